The van der Waals surface area contributed by atoms with Crippen LogP contribution < -0.4 is 5.32 Å². The average Bonchev–Trinajstić information content (AvgIpc) is 2.85. The number of aliphatic hydroxyl groups is 1. The van der Waals surface area contributed by atoms with Crippen LogP contribution in [-0.2, 0) is 4.79 Å². The molecular formula is C9H12N4O4S. The molecule has 1 aromatic heterocycles. The van der Waals surface area contributed by atoms with Crippen molar-refractivity contribution in [3.05, 3.63) is 5.01 Å². The summed E-state index contributed by atoms with van der Waals surface area (Å²) in [5.74, 6) is -1.13. The number of β-amino-alcohol motifs (C(OH)–C–C–N with tert-alkyl or cyclic N) is 1. The zero-order valence-electron chi connectivity index (χ0n) is 9.53. The highest BCUT2D eigenvalue weighted by molar-refractivity contribution is 7.15. The fourth-order valence-electron chi connectivity index (χ4n) is 1.78. The SMILES string of the molecule is Cc1nnc(NC(=O)N2C[C@@H](O)C[C@H]2C(=O)O)s1. The van der Waals surface area contributed by atoms with Gasteiger partial charge in [-0.3, -0.25) is 5.32 Å². The van der Waals surface area contributed by atoms with Crippen molar-refractivity contribution in [3.63, 3.8) is 0 Å². The van der Waals surface area contributed by atoms with Crippen LogP contribution in [-0.4, -0.2) is 56.0 Å². The number of carbonyl (C=O) groups excluding carboxylic acids is 1. The summed E-state index contributed by atoms with van der Waals surface area (Å²) in [7, 11) is 0. The first-order chi connectivity index (χ1) is 8.47. The van der Waals surface area contributed by atoms with E-state index in [0.29, 0.717) is 10.1 Å². The molecule has 2 rings (SSSR count). The lowest BCUT2D eigenvalue weighted by Gasteiger charge is -2.20. The fraction of sp³-hybridized carbons (Fsp3) is 0.556. The Morgan fingerprint density at radius 3 is 2.78 bits per heavy atom. The molecule has 0 aromatic carbocycles. The summed E-state index contributed by atoms with van der Waals surface area (Å²) in [5, 5.41) is 29.3. The maximum atomic E-state index is 11.9. The highest BCUT2D eigenvalue weighted by Gasteiger charge is 2.39. The van der Waals surface area contributed by atoms with E-state index >= 15 is 0 Å². The van der Waals surface area contributed by atoms with Gasteiger partial charge in [-0.1, -0.05) is 11.3 Å². The molecule has 1 saturated heterocycles. The van der Waals surface area contributed by atoms with Crippen molar-refractivity contribution in [1.29, 1.82) is 0 Å². The second kappa shape index (κ2) is 4.86. The second-order valence-corrected chi connectivity index (χ2v) is 5.13. The monoisotopic (exact) mass is 272 g/mol. The predicted molar refractivity (Wildman–Crippen MR) is 62.4 cm³/mol. The molecule has 0 aliphatic carbocycles. The minimum atomic E-state index is -1.13. The predicted octanol–water partition coefficient (Wildman–Crippen LogP) is -0.102. The molecular weight excluding hydrogens is 260 g/mol. The van der Waals surface area contributed by atoms with E-state index in [4.69, 9.17) is 5.11 Å². The summed E-state index contributed by atoms with van der Waals surface area (Å²) in [6.45, 7) is 1.74. The molecule has 98 valence electrons. The number of aryl methyl sites for hydroxylation is 1. The van der Waals surface area contributed by atoms with E-state index in [1.807, 2.05) is 0 Å². The van der Waals surface area contributed by atoms with Gasteiger partial charge >= 0.3 is 12.0 Å². The standard InChI is InChI=1S/C9H12N4O4S/c1-4-11-12-8(18-4)10-9(17)13-3-5(14)2-6(13)7(15)16/h5-6,14H,2-3H2,1H3,(H,15,16)(H,10,12,17)/t5-,6-/m0/s1. The van der Waals surface area contributed by atoms with Gasteiger partial charge in [0.25, 0.3) is 0 Å². The zero-order chi connectivity index (χ0) is 13.3. The summed E-state index contributed by atoms with van der Waals surface area (Å²) >= 11 is 1.19. The van der Waals surface area contributed by atoms with Gasteiger partial charge in [-0.15, -0.1) is 10.2 Å². The smallest absolute Gasteiger partial charge is 0.326 e. The van der Waals surface area contributed by atoms with E-state index in [-0.39, 0.29) is 13.0 Å². The van der Waals surface area contributed by atoms with Crippen LogP contribution in [0.2, 0.25) is 0 Å². The number of likely N-dealkylation sites (tertiary alicyclic amines) is 1. The summed E-state index contributed by atoms with van der Waals surface area (Å²) in [6, 6.07) is -1.59. The van der Waals surface area contributed by atoms with Crippen molar-refractivity contribution < 1.29 is 19.8 Å². The van der Waals surface area contributed by atoms with E-state index in [1.165, 1.54) is 11.3 Å². The number of carboxylic acids is 1. The third-order valence-electron chi connectivity index (χ3n) is 2.56. The maximum absolute atomic E-state index is 11.9. The van der Waals surface area contributed by atoms with Gasteiger partial charge in [0, 0.05) is 13.0 Å². The van der Waals surface area contributed by atoms with Gasteiger partial charge in [0.15, 0.2) is 0 Å². The van der Waals surface area contributed by atoms with Crippen molar-refractivity contribution in [3.8, 4) is 0 Å². The lowest BCUT2D eigenvalue weighted by Crippen LogP contribution is -2.43. The van der Waals surface area contributed by atoms with Gasteiger partial charge in [-0.05, 0) is 6.92 Å². The molecule has 0 radical (unpaired) electrons. The Morgan fingerprint density at radius 1 is 1.50 bits per heavy atom. The molecule has 8 nitrogen and oxygen atoms in total. The molecule has 0 bridgehead atoms. The number of aliphatic carboxylic acids is 1. The summed E-state index contributed by atoms with van der Waals surface area (Å²) in [6.07, 6.45) is -0.772. The normalized spacial score (nSPS) is 23.1. The van der Waals surface area contributed by atoms with Crippen molar-refractivity contribution in [2.24, 2.45) is 0 Å². The molecule has 1 fully saturated rings. The molecule has 1 aliphatic rings. The Morgan fingerprint density at radius 2 is 2.22 bits per heavy atom. The van der Waals surface area contributed by atoms with Crippen LogP contribution in [0, 0.1) is 6.92 Å². The van der Waals surface area contributed by atoms with Crippen molar-refractivity contribution in [1.82, 2.24) is 15.1 Å². The highest BCUT2D eigenvalue weighted by Crippen LogP contribution is 2.20. The Hall–Kier alpha value is -1.74. The third kappa shape index (κ3) is 2.57. The molecule has 1 aliphatic heterocycles. The average molecular weight is 272 g/mol. The minimum Gasteiger partial charge on any atom is -0.480 e. The second-order valence-electron chi connectivity index (χ2n) is 3.95. The minimum absolute atomic E-state index is 0.000581. The van der Waals surface area contributed by atoms with E-state index in [9.17, 15) is 14.7 Å². The van der Waals surface area contributed by atoms with Crippen LogP contribution in [0.5, 0.6) is 0 Å². The molecule has 0 unspecified atom stereocenters. The number of nitrogens with one attached hydrogen (secondary N) is 1. The van der Waals surface area contributed by atoms with Crippen LogP contribution in [0.25, 0.3) is 0 Å². The largest absolute Gasteiger partial charge is 0.480 e. The molecule has 3 N–H and O–H groups in total. The molecule has 1 aromatic rings. The molecule has 2 atom stereocenters. The fourth-order valence-corrected chi connectivity index (χ4v) is 2.36. The molecule has 0 saturated carbocycles. The number of anilines is 1. The number of aromatic nitrogens is 2. The first kappa shape index (κ1) is 12.7. The third-order valence-corrected chi connectivity index (χ3v) is 3.32. The van der Waals surface area contributed by atoms with Gasteiger partial charge < -0.3 is 15.1 Å². The summed E-state index contributed by atoms with van der Waals surface area (Å²) in [4.78, 5) is 23.9. The Labute approximate surface area is 106 Å². The molecule has 2 heterocycles. The van der Waals surface area contributed by atoms with Crippen molar-refractivity contribution >= 4 is 28.5 Å². The number of hydrogen-bond acceptors (Lipinski definition) is 6. The Kier molecular flexibility index (Phi) is 3.43. The zero-order valence-corrected chi connectivity index (χ0v) is 10.3. The van der Waals surface area contributed by atoms with Gasteiger partial charge in [0.2, 0.25) is 5.13 Å². The molecule has 0 spiro atoms. The van der Waals surface area contributed by atoms with Crippen LogP contribution in [0.4, 0.5) is 9.93 Å². The van der Waals surface area contributed by atoms with E-state index in [2.05, 4.69) is 15.5 Å². The number of nitrogens with zero attached hydrogens (tertiary/aromatic N) is 3. The van der Waals surface area contributed by atoms with Gasteiger partial charge in [-0.25, -0.2) is 9.59 Å². The first-order valence-corrected chi connectivity index (χ1v) is 6.07. The first-order valence-electron chi connectivity index (χ1n) is 5.26. The molecule has 9 heteroatoms. The Bertz CT molecular complexity index is 477. The van der Waals surface area contributed by atoms with Gasteiger partial charge in [-0.2, -0.15) is 0 Å². The quantitative estimate of drug-likeness (QED) is 0.692. The number of carboxylic acid groups (broad SMARTS) is 1. The number of carbonyl (C=O) groups is 2. The van der Waals surface area contributed by atoms with Crippen LogP contribution >= 0.6 is 11.3 Å². The van der Waals surface area contributed by atoms with Gasteiger partial charge in [0.05, 0.1) is 6.10 Å². The van der Waals surface area contributed by atoms with E-state index < -0.39 is 24.1 Å². The number of hydrogen-bond donors (Lipinski definition) is 3. The van der Waals surface area contributed by atoms with Crippen LogP contribution in [0.1, 0.15) is 11.4 Å². The van der Waals surface area contributed by atoms with Crippen LogP contribution in [0.3, 0.4) is 0 Å². The highest BCUT2D eigenvalue weighted by atomic mass is 32.1. The summed E-state index contributed by atoms with van der Waals surface area (Å²) < 4.78 is 0. The van der Waals surface area contributed by atoms with Gasteiger partial charge in [0.1, 0.15) is 11.0 Å². The molecule has 18 heavy (non-hydrogen) atoms. The number of aliphatic hydroxyl groups excluding tert-OH is 1. The number of rotatable bonds is 2. The topological polar surface area (TPSA) is 116 Å². The number of urea groups is 1. The van der Waals surface area contributed by atoms with E-state index in [0.717, 1.165) is 4.90 Å². The Balaban J connectivity index is 2.06. The lowest BCUT2D eigenvalue weighted by atomic mass is 10.2. The molecule has 2 amide bonds. The maximum Gasteiger partial charge on any atom is 0.326 e. The summed E-state index contributed by atoms with van der Waals surface area (Å²) in [5.41, 5.74) is 0. The van der Waals surface area contributed by atoms with Crippen molar-refractivity contribution in [2.45, 2.75) is 25.5 Å². The van der Waals surface area contributed by atoms with Crippen LogP contribution in [0.15, 0.2) is 0 Å². The van der Waals surface area contributed by atoms with E-state index in [1.54, 1.807) is 6.92 Å². The van der Waals surface area contributed by atoms with Crippen molar-refractivity contribution in [2.75, 3.05) is 11.9 Å². The number of amides is 2. The lowest BCUT2D eigenvalue weighted by molar-refractivity contribution is -0.141.